The van der Waals surface area contributed by atoms with Gasteiger partial charge in [-0.15, -0.1) is 0 Å². The van der Waals surface area contributed by atoms with Gasteiger partial charge >= 0.3 is 0 Å². The van der Waals surface area contributed by atoms with E-state index in [2.05, 4.69) is 24.8 Å². The van der Waals surface area contributed by atoms with Gasteiger partial charge in [-0.25, -0.2) is 0 Å². The van der Waals surface area contributed by atoms with E-state index in [0.29, 0.717) is 6.04 Å². The Labute approximate surface area is 103 Å². The van der Waals surface area contributed by atoms with Crippen molar-refractivity contribution in [2.75, 3.05) is 26.2 Å². The third-order valence-corrected chi connectivity index (χ3v) is 4.15. The molecule has 4 heteroatoms. The summed E-state index contributed by atoms with van der Waals surface area (Å²) in [5.74, 6) is 0.0784. The standard InChI is InChI=1S/C13H21N3O/c1-3-15(4-2)11-5-8-16(9-11)12(17)13(10-14)6-7-13/h11H,3-9H2,1-2H3. The first-order valence-corrected chi connectivity index (χ1v) is 6.61. The number of hydrogen-bond donors (Lipinski definition) is 0. The number of nitrogens with zero attached hydrogens (tertiary/aromatic N) is 3. The molecule has 94 valence electrons. The number of nitriles is 1. The van der Waals surface area contributed by atoms with Gasteiger partial charge in [-0.2, -0.15) is 5.26 Å². The number of amides is 1. The van der Waals surface area contributed by atoms with Gasteiger partial charge in [0.05, 0.1) is 6.07 Å². The fraction of sp³-hybridized carbons (Fsp3) is 0.846. The van der Waals surface area contributed by atoms with Crippen LogP contribution >= 0.6 is 0 Å². The smallest absolute Gasteiger partial charge is 0.243 e. The Balaban J connectivity index is 1.94. The minimum absolute atomic E-state index is 0.0784. The molecule has 1 saturated heterocycles. The lowest BCUT2D eigenvalue weighted by molar-refractivity contribution is -0.134. The molecule has 1 amide bonds. The highest BCUT2D eigenvalue weighted by atomic mass is 16.2. The van der Waals surface area contributed by atoms with Gasteiger partial charge in [0, 0.05) is 19.1 Å². The van der Waals surface area contributed by atoms with E-state index in [1.165, 1.54) is 0 Å². The number of likely N-dealkylation sites (tertiary alicyclic amines) is 1. The number of rotatable bonds is 4. The van der Waals surface area contributed by atoms with Crippen LogP contribution in [-0.4, -0.2) is 47.9 Å². The van der Waals surface area contributed by atoms with Crippen molar-refractivity contribution >= 4 is 5.91 Å². The highest BCUT2D eigenvalue weighted by Crippen LogP contribution is 2.47. The van der Waals surface area contributed by atoms with Crippen molar-refractivity contribution in [3.63, 3.8) is 0 Å². The van der Waals surface area contributed by atoms with Crippen LogP contribution in [0.1, 0.15) is 33.1 Å². The maximum absolute atomic E-state index is 12.2. The van der Waals surface area contributed by atoms with Crippen molar-refractivity contribution in [3.05, 3.63) is 0 Å². The predicted molar refractivity (Wildman–Crippen MR) is 65.2 cm³/mol. The zero-order valence-electron chi connectivity index (χ0n) is 10.8. The first-order chi connectivity index (χ1) is 8.16. The summed E-state index contributed by atoms with van der Waals surface area (Å²) in [5, 5.41) is 9.05. The van der Waals surface area contributed by atoms with E-state index in [1.54, 1.807) is 0 Å². The summed E-state index contributed by atoms with van der Waals surface area (Å²) in [6, 6.07) is 2.69. The monoisotopic (exact) mass is 235 g/mol. The second-order valence-electron chi connectivity index (χ2n) is 5.11. The van der Waals surface area contributed by atoms with Crippen LogP contribution in [0.15, 0.2) is 0 Å². The van der Waals surface area contributed by atoms with Gasteiger partial charge in [-0.1, -0.05) is 13.8 Å². The summed E-state index contributed by atoms with van der Waals surface area (Å²) >= 11 is 0. The molecule has 0 spiro atoms. The average molecular weight is 235 g/mol. The van der Waals surface area contributed by atoms with Crippen LogP contribution in [0.5, 0.6) is 0 Å². The van der Waals surface area contributed by atoms with Crippen LogP contribution in [0, 0.1) is 16.7 Å². The first-order valence-electron chi connectivity index (χ1n) is 6.61. The van der Waals surface area contributed by atoms with Crippen LogP contribution < -0.4 is 0 Å². The second kappa shape index (κ2) is 4.66. The van der Waals surface area contributed by atoms with E-state index in [4.69, 9.17) is 5.26 Å². The molecule has 2 rings (SSSR count). The van der Waals surface area contributed by atoms with Crippen molar-refractivity contribution in [3.8, 4) is 6.07 Å². The predicted octanol–water partition coefficient (Wildman–Crippen LogP) is 1.23. The summed E-state index contributed by atoms with van der Waals surface area (Å²) in [6.07, 6.45) is 2.57. The van der Waals surface area contributed by atoms with Crippen molar-refractivity contribution in [2.24, 2.45) is 5.41 Å². The summed E-state index contributed by atoms with van der Waals surface area (Å²) in [6.45, 7) is 8.02. The average Bonchev–Trinajstić information content (AvgIpc) is 3.02. The fourth-order valence-corrected chi connectivity index (χ4v) is 2.77. The molecule has 1 aliphatic carbocycles. The van der Waals surface area contributed by atoms with E-state index >= 15 is 0 Å². The fourth-order valence-electron chi connectivity index (χ4n) is 2.77. The van der Waals surface area contributed by atoms with Gasteiger partial charge in [-0.3, -0.25) is 9.69 Å². The van der Waals surface area contributed by atoms with E-state index in [0.717, 1.165) is 45.4 Å². The topological polar surface area (TPSA) is 47.3 Å². The Hall–Kier alpha value is -1.08. The molecule has 1 atom stereocenters. The number of likely N-dealkylation sites (N-methyl/N-ethyl adjacent to an activating group) is 1. The second-order valence-corrected chi connectivity index (χ2v) is 5.11. The number of carbonyl (C=O) groups excluding carboxylic acids is 1. The lowest BCUT2D eigenvalue weighted by Crippen LogP contribution is -2.40. The van der Waals surface area contributed by atoms with Crippen LogP contribution in [0.4, 0.5) is 0 Å². The molecule has 0 N–H and O–H groups in total. The molecule has 17 heavy (non-hydrogen) atoms. The third-order valence-electron chi connectivity index (χ3n) is 4.15. The summed E-state index contributed by atoms with van der Waals surface area (Å²) in [5.41, 5.74) is -0.641. The SMILES string of the molecule is CCN(CC)C1CCN(C(=O)C2(C#N)CC2)C1. The number of carbonyl (C=O) groups is 1. The first kappa shape index (κ1) is 12.4. The molecular weight excluding hydrogens is 214 g/mol. The summed E-state index contributed by atoms with van der Waals surface area (Å²) in [4.78, 5) is 16.5. The molecule has 1 saturated carbocycles. The van der Waals surface area contributed by atoms with Gasteiger partial charge in [0.1, 0.15) is 5.41 Å². The molecule has 0 aromatic carbocycles. The van der Waals surface area contributed by atoms with Gasteiger partial charge in [0.15, 0.2) is 0 Å². The Morgan fingerprint density at radius 1 is 1.47 bits per heavy atom. The molecule has 0 aromatic heterocycles. The van der Waals surface area contributed by atoms with Crippen LogP contribution in [-0.2, 0) is 4.79 Å². The van der Waals surface area contributed by atoms with Gasteiger partial charge in [0.25, 0.3) is 0 Å². The lowest BCUT2D eigenvalue weighted by Gasteiger charge is -2.26. The van der Waals surface area contributed by atoms with E-state index in [-0.39, 0.29) is 5.91 Å². The van der Waals surface area contributed by atoms with Gasteiger partial charge in [0.2, 0.25) is 5.91 Å². The maximum atomic E-state index is 12.2. The quantitative estimate of drug-likeness (QED) is 0.736. The zero-order valence-corrected chi connectivity index (χ0v) is 10.8. The molecule has 0 aromatic rings. The van der Waals surface area contributed by atoms with E-state index in [9.17, 15) is 4.79 Å². The van der Waals surface area contributed by atoms with Crippen LogP contribution in [0.3, 0.4) is 0 Å². The molecule has 0 bridgehead atoms. The Morgan fingerprint density at radius 3 is 2.59 bits per heavy atom. The van der Waals surface area contributed by atoms with Crippen molar-refractivity contribution < 1.29 is 4.79 Å². The lowest BCUT2D eigenvalue weighted by atomic mass is 10.1. The Morgan fingerprint density at radius 2 is 2.12 bits per heavy atom. The molecule has 4 nitrogen and oxygen atoms in total. The molecule has 2 aliphatic rings. The Kier molecular flexibility index (Phi) is 3.39. The number of hydrogen-bond acceptors (Lipinski definition) is 3. The largest absolute Gasteiger partial charge is 0.340 e. The van der Waals surface area contributed by atoms with E-state index in [1.807, 2.05) is 4.90 Å². The molecule has 2 fully saturated rings. The normalized spacial score (nSPS) is 26.0. The minimum Gasteiger partial charge on any atom is -0.340 e. The highest BCUT2D eigenvalue weighted by Gasteiger charge is 2.53. The maximum Gasteiger partial charge on any atom is 0.243 e. The molecule has 1 unspecified atom stereocenters. The van der Waals surface area contributed by atoms with Crippen molar-refractivity contribution in [2.45, 2.75) is 39.2 Å². The zero-order chi connectivity index (χ0) is 12.5. The Bertz CT molecular complexity index is 339. The molecule has 1 heterocycles. The molecule has 0 radical (unpaired) electrons. The third kappa shape index (κ3) is 2.16. The molecule has 1 aliphatic heterocycles. The van der Waals surface area contributed by atoms with Gasteiger partial charge in [-0.05, 0) is 32.4 Å². The van der Waals surface area contributed by atoms with Crippen LogP contribution in [0.2, 0.25) is 0 Å². The van der Waals surface area contributed by atoms with Crippen molar-refractivity contribution in [1.82, 2.24) is 9.80 Å². The van der Waals surface area contributed by atoms with Crippen molar-refractivity contribution in [1.29, 1.82) is 5.26 Å². The molecular formula is C13H21N3O. The minimum atomic E-state index is -0.641. The summed E-state index contributed by atoms with van der Waals surface area (Å²) < 4.78 is 0. The van der Waals surface area contributed by atoms with Gasteiger partial charge < -0.3 is 4.90 Å². The van der Waals surface area contributed by atoms with Crippen LogP contribution in [0.25, 0.3) is 0 Å². The highest BCUT2D eigenvalue weighted by molar-refractivity contribution is 5.88. The van der Waals surface area contributed by atoms with E-state index < -0.39 is 5.41 Å². The summed E-state index contributed by atoms with van der Waals surface area (Å²) in [7, 11) is 0.